The number of pyridine rings is 1. The van der Waals surface area contributed by atoms with Gasteiger partial charge in [0.2, 0.25) is 0 Å². The highest BCUT2D eigenvalue weighted by molar-refractivity contribution is 7.21. The lowest BCUT2D eigenvalue weighted by molar-refractivity contribution is 0.100. The van der Waals surface area contributed by atoms with E-state index in [1.807, 2.05) is 0 Å². The number of nitrogens with two attached hydrogens (primary N) is 1. The third-order valence-corrected chi connectivity index (χ3v) is 4.63. The average Bonchev–Trinajstić information content (AvgIpc) is 3.11. The highest BCUT2D eigenvalue weighted by Crippen LogP contribution is 2.38. The number of hydrogen-bond acceptors (Lipinski definition) is 5. The summed E-state index contributed by atoms with van der Waals surface area (Å²) in [6.45, 7) is 1.60. The monoisotopic (exact) mass is 365 g/mol. The third kappa shape index (κ3) is 3.07. The smallest absolute Gasteiger partial charge is 0.280 e. The molecule has 0 radical (unpaired) electrons. The minimum Gasteiger partial charge on any atom is -0.365 e. The van der Waals surface area contributed by atoms with E-state index in [1.54, 1.807) is 14.0 Å². The van der Waals surface area contributed by atoms with E-state index >= 15 is 0 Å². The summed E-state index contributed by atoms with van der Waals surface area (Å²) in [4.78, 5) is 28.3. The Labute approximate surface area is 144 Å². The number of thiophene rings is 1. The molecule has 3 aromatic heterocycles. The predicted molar refractivity (Wildman–Crippen MR) is 89.0 cm³/mol. The SMILES string of the molecule is Cc1cc(C(F)F)nc2sc(C(N)=O)c(NC(=O)c3cnn(C)c3)c12. The maximum absolute atomic E-state index is 12.9. The van der Waals surface area contributed by atoms with Gasteiger partial charge in [-0.3, -0.25) is 14.3 Å². The fraction of sp³-hybridized carbons (Fsp3) is 0.200. The molecule has 25 heavy (non-hydrogen) atoms. The van der Waals surface area contributed by atoms with Gasteiger partial charge in [0.15, 0.2) is 0 Å². The number of rotatable bonds is 4. The fourth-order valence-electron chi connectivity index (χ4n) is 2.44. The van der Waals surface area contributed by atoms with Crippen molar-refractivity contribution in [3.63, 3.8) is 0 Å². The quantitative estimate of drug-likeness (QED) is 0.742. The average molecular weight is 365 g/mol. The van der Waals surface area contributed by atoms with Gasteiger partial charge in [0.05, 0.1) is 17.4 Å². The molecule has 0 aliphatic heterocycles. The van der Waals surface area contributed by atoms with Gasteiger partial charge in [0.1, 0.15) is 15.4 Å². The summed E-state index contributed by atoms with van der Waals surface area (Å²) >= 11 is 0.866. The van der Waals surface area contributed by atoms with E-state index in [1.165, 1.54) is 23.1 Å². The Balaban J connectivity index is 2.13. The van der Waals surface area contributed by atoms with Crippen LogP contribution in [-0.4, -0.2) is 26.6 Å². The highest BCUT2D eigenvalue weighted by Gasteiger charge is 2.23. The number of aromatic nitrogens is 3. The van der Waals surface area contributed by atoms with Gasteiger partial charge >= 0.3 is 0 Å². The summed E-state index contributed by atoms with van der Waals surface area (Å²) in [6.07, 6.45) is 0.137. The molecule has 0 spiro atoms. The number of anilines is 1. The molecule has 0 aromatic carbocycles. The molecule has 0 bridgehead atoms. The van der Waals surface area contributed by atoms with E-state index in [9.17, 15) is 18.4 Å². The second kappa shape index (κ2) is 6.20. The van der Waals surface area contributed by atoms with Crippen molar-refractivity contribution in [3.8, 4) is 0 Å². The molecule has 2 amide bonds. The number of amides is 2. The number of carbonyl (C=O) groups is 2. The zero-order valence-corrected chi connectivity index (χ0v) is 14.0. The Morgan fingerprint density at radius 2 is 2.12 bits per heavy atom. The lowest BCUT2D eigenvalue weighted by Crippen LogP contribution is -2.16. The maximum Gasteiger partial charge on any atom is 0.280 e. The molecule has 3 heterocycles. The molecule has 3 aromatic rings. The van der Waals surface area contributed by atoms with Crippen molar-refractivity contribution in [2.45, 2.75) is 13.3 Å². The van der Waals surface area contributed by atoms with Gasteiger partial charge in [-0.25, -0.2) is 13.8 Å². The second-order valence-corrected chi connectivity index (χ2v) is 6.37. The van der Waals surface area contributed by atoms with Gasteiger partial charge in [-0.15, -0.1) is 11.3 Å². The number of hydrogen-bond donors (Lipinski definition) is 2. The van der Waals surface area contributed by atoms with Crippen LogP contribution in [0.2, 0.25) is 0 Å². The number of nitrogens with one attached hydrogen (secondary N) is 1. The molecular formula is C15H13F2N5O2S. The molecule has 0 fully saturated rings. The Morgan fingerprint density at radius 3 is 2.68 bits per heavy atom. The normalized spacial score (nSPS) is 11.2. The van der Waals surface area contributed by atoms with Crippen LogP contribution in [0.4, 0.5) is 14.5 Å². The summed E-state index contributed by atoms with van der Waals surface area (Å²) in [5, 5.41) is 6.95. The third-order valence-electron chi connectivity index (χ3n) is 3.53. The molecule has 10 heteroatoms. The Kier molecular flexibility index (Phi) is 4.21. The summed E-state index contributed by atoms with van der Waals surface area (Å²) in [5.41, 5.74) is 5.90. The van der Waals surface area contributed by atoms with Crippen molar-refractivity contribution in [2.75, 3.05) is 5.32 Å². The van der Waals surface area contributed by atoms with Gasteiger partial charge < -0.3 is 11.1 Å². The van der Waals surface area contributed by atoms with Crippen LogP contribution in [0.5, 0.6) is 0 Å². The molecule has 0 saturated carbocycles. The molecule has 130 valence electrons. The number of fused-ring (bicyclic) bond motifs is 1. The molecular weight excluding hydrogens is 352 g/mol. The lowest BCUT2D eigenvalue weighted by Gasteiger charge is -2.07. The fourth-order valence-corrected chi connectivity index (χ4v) is 3.50. The molecule has 3 N–H and O–H groups in total. The number of alkyl halides is 2. The van der Waals surface area contributed by atoms with Gasteiger partial charge in [-0.1, -0.05) is 0 Å². The van der Waals surface area contributed by atoms with Crippen molar-refractivity contribution in [1.29, 1.82) is 0 Å². The van der Waals surface area contributed by atoms with Crippen LogP contribution in [0.25, 0.3) is 10.2 Å². The van der Waals surface area contributed by atoms with Crippen LogP contribution >= 0.6 is 11.3 Å². The first kappa shape index (κ1) is 17.0. The second-order valence-electron chi connectivity index (χ2n) is 5.37. The first-order valence-electron chi connectivity index (χ1n) is 7.10. The van der Waals surface area contributed by atoms with E-state index < -0.39 is 23.9 Å². The van der Waals surface area contributed by atoms with Crippen molar-refractivity contribution in [2.24, 2.45) is 12.8 Å². The number of primary amides is 1. The van der Waals surface area contributed by atoms with Crippen LogP contribution in [0.15, 0.2) is 18.5 Å². The van der Waals surface area contributed by atoms with Crippen molar-refractivity contribution < 1.29 is 18.4 Å². The number of nitrogens with zero attached hydrogens (tertiary/aromatic N) is 3. The van der Waals surface area contributed by atoms with Gasteiger partial charge in [-0.2, -0.15) is 5.10 Å². The van der Waals surface area contributed by atoms with Crippen LogP contribution in [0.1, 0.15) is 37.7 Å². The van der Waals surface area contributed by atoms with Crippen LogP contribution in [-0.2, 0) is 7.05 Å². The Hall–Kier alpha value is -2.88. The predicted octanol–water partition coefficient (Wildman–Crippen LogP) is 2.63. The van der Waals surface area contributed by atoms with E-state index in [0.29, 0.717) is 10.9 Å². The van der Waals surface area contributed by atoms with Crippen LogP contribution in [0.3, 0.4) is 0 Å². The zero-order chi connectivity index (χ0) is 18.3. The van der Waals surface area contributed by atoms with Crippen LogP contribution in [0, 0.1) is 6.92 Å². The standard InChI is InChI=1S/C15H13F2N5O2S/c1-6-3-8(12(16)17)20-15-9(6)10(11(25-15)13(18)23)21-14(24)7-4-19-22(2)5-7/h3-5,12H,1-2H3,(H2,18,23)(H,21,24). The van der Waals surface area contributed by atoms with Gasteiger partial charge in [0, 0.05) is 18.6 Å². The molecule has 0 unspecified atom stereocenters. The number of halogens is 2. The number of carbonyl (C=O) groups excluding carboxylic acids is 2. The molecule has 0 aliphatic rings. The molecule has 3 rings (SSSR count). The topological polar surface area (TPSA) is 103 Å². The first-order chi connectivity index (χ1) is 11.8. The summed E-state index contributed by atoms with van der Waals surface area (Å²) in [6, 6.07) is 1.23. The largest absolute Gasteiger partial charge is 0.365 e. The van der Waals surface area contributed by atoms with E-state index in [0.717, 1.165) is 11.3 Å². The summed E-state index contributed by atoms with van der Waals surface area (Å²) in [7, 11) is 1.66. The van der Waals surface area contributed by atoms with Crippen molar-refractivity contribution in [3.05, 3.63) is 40.2 Å². The van der Waals surface area contributed by atoms with Gasteiger partial charge in [-0.05, 0) is 18.6 Å². The van der Waals surface area contributed by atoms with Crippen molar-refractivity contribution >= 4 is 39.1 Å². The molecule has 7 nitrogen and oxygen atoms in total. The zero-order valence-electron chi connectivity index (χ0n) is 13.2. The Bertz CT molecular complexity index is 995. The minimum atomic E-state index is -2.74. The highest BCUT2D eigenvalue weighted by atomic mass is 32.1. The van der Waals surface area contributed by atoms with E-state index in [4.69, 9.17) is 5.73 Å². The maximum atomic E-state index is 12.9. The lowest BCUT2D eigenvalue weighted by atomic mass is 10.1. The minimum absolute atomic E-state index is 0.0502. The van der Waals surface area contributed by atoms with Crippen LogP contribution < -0.4 is 11.1 Å². The van der Waals surface area contributed by atoms with Crippen molar-refractivity contribution in [1.82, 2.24) is 14.8 Å². The first-order valence-corrected chi connectivity index (χ1v) is 7.91. The van der Waals surface area contributed by atoms with E-state index in [-0.39, 0.29) is 21.0 Å². The Morgan fingerprint density at radius 1 is 1.40 bits per heavy atom. The molecule has 0 aliphatic carbocycles. The summed E-state index contributed by atoms with van der Waals surface area (Å²) in [5.74, 6) is -1.27. The summed E-state index contributed by atoms with van der Waals surface area (Å²) < 4.78 is 27.3. The van der Waals surface area contributed by atoms with Gasteiger partial charge in [0.25, 0.3) is 18.2 Å². The molecule has 0 atom stereocenters. The number of aryl methyl sites for hydroxylation is 2. The van der Waals surface area contributed by atoms with E-state index in [2.05, 4.69) is 15.4 Å². The molecule has 0 saturated heterocycles.